The second-order valence-corrected chi connectivity index (χ2v) is 9.05. The van der Waals surface area contributed by atoms with Gasteiger partial charge in [0, 0.05) is 50.1 Å². The molecule has 1 aliphatic carbocycles. The molecule has 1 N–H and O–H groups in total. The van der Waals surface area contributed by atoms with Gasteiger partial charge in [0.2, 0.25) is 11.9 Å². The van der Waals surface area contributed by atoms with Crippen LogP contribution in [-0.2, 0) is 24.1 Å². The molecule has 12 heteroatoms. The second-order valence-electron chi connectivity index (χ2n) is 9.05. The molecule has 1 amide bonds. The molecule has 4 rings (SSSR count). The van der Waals surface area contributed by atoms with Crippen molar-refractivity contribution in [1.29, 1.82) is 0 Å². The third-order valence-electron chi connectivity index (χ3n) is 6.18. The normalized spacial score (nSPS) is 21.2. The maximum Gasteiger partial charge on any atom is 0.419 e. The monoisotopic (exact) mass is 478 g/mol. The third kappa shape index (κ3) is 5.72. The van der Waals surface area contributed by atoms with Crippen LogP contribution >= 0.6 is 0 Å². The first kappa shape index (κ1) is 24.1. The molecule has 0 saturated heterocycles. The minimum atomic E-state index is -4.45. The van der Waals surface area contributed by atoms with Gasteiger partial charge < -0.3 is 19.7 Å². The van der Waals surface area contributed by atoms with E-state index in [1.54, 1.807) is 11.0 Å². The molecule has 2 aromatic heterocycles. The van der Waals surface area contributed by atoms with Gasteiger partial charge in [0.15, 0.2) is 5.82 Å². The van der Waals surface area contributed by atoms with Gasteiger partial charge in [-0.15, -0.1) is 10.2 Å². The lowest BCUT2D eigenvalue weighted by Crippen LogP contribution is -2.38. The maximum absolute atomic E-state index is 12.7. The Kier molecular flexibility index (Phi) is 7.15. The zero-order valence-corrected chi connectivity index (χ0v) is 19.3. The number of carbonyl (C=O) groups is 1. The SMILES string of the molecule is CN(C)C/C=C/C(=O)N1CCn2c(nnc2[C@H]2CCC[C@@H](Nc3ncc(C(F)(F)F)cn3)C2)C1. The summed E-state index contributed by atoms with van der Waals surface area (Å²) < 4.78 is 40.3. The Balaban J connectivity index is 1.37. The number of carbonyl (C=O) groups excluding carboxylic acids is 1. The number of nitrogens with one attached hydrogen (secondary N) is 1. The molecule has 1 saturated carbocycles. The quantitative estimate of drug-likeness (QED) is 0.639. The van der Waals surface area contributed by atoms with Crippen LogP contribution < -0.4 is 5.32 Å². The minimum absolute atomic E-state index is 0.0314. The number of nitrogens with zero attached hydrogens (tertiary/aromatic N) is 7. The van der Waals surface area contributed by atoms with Crippen molar-refractivity contribution in [2.45, 2.75) is 56.9 Å². The van der Waals surface area contributed by atoms with Gasteiger partial charge in [-0.1, -0.05) is 12.5 Å². The molecule has 184 valence electrons. The first-order chi connectivity index (χ1) is 16.2. The molecule has 1 fully saturated rings. The van der Waals surface area contributed by atoms with Gasteiger partial charge in [-0.25, -0.2) is 9.97 Å². The fraction of sp³-hybridized carbons (Fsp3) is 0.591. The number of fused-ring (bicyclic) bond motifs is 1. The maximum atomic E-state index is 12.7. The number of halogens is 3. The molecule has 0 spiro atoms. The van der Waals surface area contributed by atoms with E-state index in [0.717, 1.165) is 49.7 Å². The topological polar surface area (TPSA) is 92.1 Å². The van der Waals surface area contributed by atoms with Crippen molar-refractivity contribution in [1.82, 2.24) is 34.5 Å². The van der Waals surface area contributed by atoms with E-state index in [9.17, 15) is 18.0 Å². The molecule has 0 radical (unpaired) electrons. The van der Waals surface area contributed by atoms with E-state index >= 15 is 0 Å². The summed E-state index contributed by atoms with van der Waals surface area (Å²) in [6.45, 7) is 2.36. The number of aromatic nitrogens is 5. The first-order valence-electron chi connectivity index (χ1n) is 11.4. The van der Waals surface area contributed by atoms with E-state index in [4.69, 9.17) is 0 Å². The second kappa shape index (κ2) is 10.1. The first-order valence-corrected chi connectivity index (χ1v) is 11.4. The Hall–Kier alpha value is -3.02. The van der Waals surface area contributed by atoms with Crippen molar-refractivity contribution in [3.05, 3.63) is 41.8 Å². The van der Waals surface area contributed by atoms with Gasteiger partial charge in [-0.3, -0.25) is 4.79 Å². The van der Waals surface area contributed by atoms with Crippen LogP contribution in [0.3, 0.4) is 0 Å². The van der Waals surface area contributed by atoms with Crippen LogP contribution in [0.4, 0.5) is 19.1 Å². The molecule has 0 bridgehead atoms. The van der Waals surface area contributed by atoms with Crippen LogP contribution in [-0.4, -0.2) is 73.7 Å². The smallest absolute Gasteiger partial charge is 0.351 e. The highest BCUT2D eigenvalue weighted by atomic mass is 19.4. The van der Waals surface area contributed by atoms with Gasteiger partial charge >= 0.3 is 6.18 Å². The average molecular weight is 479 g/mol. The van der Waals surface area contributed by atoms with Crippen LogP contribution in [0.1, 0.15) is 48.8 Å². The summed E-state index contributed by atoms with van der Waals surface area (Å²) in [5.41, 5.74) is -0.865. The Morgan fingerprint density at radius 3 is 2.68 bits per heavy atom. The van der Waals surface area contributed by atoms with Crippen LogP contribution in [0.25, 0.3) is 0 Å². The summed E-state index contributed by atoms with van der Waals surface area (Å²) >= 11 is 0. The molecule has 0 aromatic carbocycles. The predicted molar refractivity (Wildman–Crippen MR) is 119 cm³/mol. The van der Waals surface area contributed by atoms with Crippen molar-refractivity contribution >= 4 is 11.9 Å². The highest BCUT2D eigenvalue weighted by molar-refractivity contribution is 5.87. The predicted octanol–water partition coefficient (Wildman–Crippen LogP) is 2.69. The van der Waals surface area contributed by atoms with Gasteiger partial charge in [-0.2, -0.15) is 13.2 Å². The van der Waals surface area contributed by atoms with Crippen LogP contribution in [0, 0.1) is 0 Å². The van der Waals surface area contributed by atoms with E-state index in [1.807, 2.05) is 25.1 Å². The highest BCUT2D eigenvalue weighted by Crippen LogP contribution is 2.34. The Bertz CT molecular complexity index is 1020. The molecular formula is C22H29F3N8O. The molecule has 9 nitrogen and oxygen atoms in total. The summed E-state index contributed by atoms with van der Waals surface area (Å²) in [4.78, 5) is 23.9. The Morgan fingerprint density at radius 1 is 1.21 bits per heavy atom. The summed E-state index contributed by atoms with van der Waals surface area (Å²) in [7, 11) is 3.89. The van der Waals surface area contributed by atoms with Gasteiger partial charge in [0.25, 0.3) is 0 Å². The van der Waals surface area contributed by atoms with Gasteiger partial charge in [0.1, 0.15) is 5.82 Å². The summed E-state index contributed by atoms with van der Waals surface area (Å²) in [5, 5.41) is 12.0. The molecule has 2 aliphatic rings. The van der Waals surface area contributed by atoms with Crippen molar-refractivity contribution in [2.24, 2.45) is 0 Å². The number of hydrogen-bond acceptors (Lipinski definition) is 7. The lowest BCUT2D eigenvalue weighted by molar-refractivity contribution is -0.138. The molecule has 3 heterocycles. The largest absolute Gasteiger partial charge is 0.419 e. The third-order valence-corrected chi connectivity index (χ3v) is 6.18. The van der Waals surface area contributed by atoms with Crippen LogP contribution in [0.15, 0.2) is 24.5 Å². The summed E-state index contributed by atoms with van der Waals surface area (Å²) in [6, 6.07) is 0.0342. The minimum Gasteiger partial charge on any atom is -0.351 e. The number of likely N-dealkylation sites (N-methyl/N-ethyl adjacent to an activating group) is 1. The fourth-order valence-electron chi connectivity index (χ4n) is 4.43. The van der Waals surface area contributed by atoms with Crippen molar-refractivity contribution in [3.63, 3.8) is 0 Å². The Morgan fingerprint density at radius 2 is 1.97 bits per heavy atom. The van der Waals surface area contributed by atoms with Crippen molar-refractivity contribution < 1.29 is 18.0 Å². The summed E-state index contributed by atoms with van der Waals surface area (Å²) in [6.07, 6.45) is 4.15. The van der Waals surface area contributed by atoms with E-state index in [2.05, 4.69) is 30.0 Å². The molecule has 2 aromatic rings. The van der Waals surface area contributed by atoms with Gasteiger partial charge in [0.05, 0.1) is 12.1 Å². The van der Waals surface area contributed by atoms with Crippen molar-refractivity contribution in [3.8, 4) is 0 Å². The molecule has 34 heavy (non-hydrogen) atoms. The van der Waals surface area contributed by atoms with E-state index in [0.29, 0.717) is 26.2 Å². The van der Waals surface area contributed by atoms with E-state index in [-0.39, 0.29) is 23.8 Å². The van der Waals surface area contributed by atoms with Crippen LogP contribution in [0.5, 0.6) is 0 Å². The number of anilines is 1. The number of amides is 1. The highest BCUT2D eigenvalue weighted by Gasteiger charge is 2.33. The molecular weight excluding hydrogens is 449 g/mol. The van der Waals surface area contributed by atoms with Crippen molar-refractivity contribution in [2.75, 3.05) is 32.5 Å². The van der Waals surface area contributed by atoms with E-state index < -0.39 is 11.7 Å². The number of rotatable bonds is 6. The van der Waals surface area contributed by atoms with Gasteiger partial charge in [-0.05, 0) is 33.4 Å². The van der Waals surface area contributed by atoms with Crippen LogP contribution in [0.2, 0.25) is 0 Å². The lowest BCUT2D eigenvalue weighted by Gasteiger charge is -2.31. The Labute approximate surface area is 196 Å². The molecule has 1 aliphatic heterocycles. The number of hydrogen-bond donors (Lipinski definition) is 1. The summed E-state index contributed by atoms with van der Waals surface area (Å²) in [5.74, 6) is 2.01. The molecule has 0 unspecified atom stereocenters. The number of alkyl halides is 3. The zero-order chi connectivity index (χ0) is 24.3. The zero-order valence-electron chi connectivity index (χ0n) is 19.3. The standard InChI is InChI=1S/C22H29F3N8O/c1-31(2)8-4-7-19(34)32-9-10-33-18(14-32)29-30-20(33)15-5-3-6-17(11-15)28-21-26-12-16(13-27-21)22(23,24)25/h4,7,12-13,15,17H,3,5-6,8-11,14H2,1-2H3,(H,26,27,28)/b7-4+/t15-,17+/m0/s1. The van der Waals surface area contributed by atoms with E-state index in [1.165, 1.54) is 0 Å². The fourth-order valence-corrected chi connectivity index (χ4v) is 4.43. The molecule has 2 atom stereocenters. The average Bonchev–Trinajstić information content (AvgIpc) is 3.22. The lowest BCUT2D eigenvalue weighted by atomic mass is 9.85.